The maximum Gasteiger partial charge on any atom is 0.191 e. The van der Waals surface area contributed by atoms with Crippen LogP contribution in [-0.2, 0) is 10.2 Å². The lowest BCUT2D eigenvalue weighted by molar-refractivity contribution is 0.0523. The van der Waals surface area contributed by atoms with Crippen molar-refractivity contribution in [1.82, 2.24) is 10.6 Å². The summed E-state index contributed by atoms with van der Waals surface area (Å²) in [6.07, 6.45) is 4.28. The molecule has 0 unspecified atom stereocenters. The van der Waals surface area contributed by atoms with Gasteiger partial charge in [-0.3, -0.25) is 4.99 Å². The first kappa shape index (κ1) is 18.3. The Bertz CT molecular complexity index is 611. The van der Waals surface area contributed by atoms with Crippen molar-refractivity contribution in [2.45, 2.75) is 44.1 Å². The van der Waals surface area contributed by atoms with Crippen LogP contribution in [0.15, 0.2) is 23.2 Å². The van der Waals surface area contributed by atoms with Crippen LogP contribution in [0, 0.1) is 0 Å². The monoisotopic (exact) mass is 365 g/mol. The number of rotatable bonds is 6. The minimum absolute atomic E-state index is 0.111. The number of ether oxygens (including phenoxy) is 2. The molecule has 0 amide bonds. The summed E-state index contributed by atoms with van der Waals surface area (Å²) in [4.78, 5) is 4.91. The zero-order chi connectivity index (χ0) is 17.7. The highest BCUT2D eigenvalue weighted by atomic mass is 35.5. The lowest BCUT2D eigenvalue weighted by atomic mass is 9.73. The van der Waals surface area contributed by atoms with Gasteiger partial charge in [0.1, 0.15) is 5.75 Å². The van der Waals surface area contributed by atoms with E-state index in [1.165, 1.54) is 12.8 Å². The van der Waals surface area contributed by atoms with Crippen molar-refractivity contribution in [2.75, 3.05) is 33.4 Å². The summed E-state index contributed by atoms with van der Waals surface area (Å²) < 4.78 is 11.3. The predicted molar refractivity (Wildman–Crippen MR) is 102 cm³/mol. The van der Waals surface area contributed by atoms with E-state index in [4.69, 9.17) is 26.1 Å². The van der Waals surface area contributed by atoms with Crippen molar-refractivity contribution in [2.24, 2.45) is 4.99 Å². The molecule has 2 N–H and O–H groups in total. The minimum atomic E-state index is -0.111. The van der Waals surface area contributed by atoms with Crippen LogP contribution in [0.3, 0.4) is 0 Å². The highest BCUT2D eigenvalue weighted by molar-refractivity contribution is 6.30. The van der Waals surface area contributed by atoms with Crippen molar-refractivity contribution in [3.8, 4) is 5.75 Å². The zero-order valence-corrected chi connectivity index (χ0v) is 15.9. The number of guanidine groups is 1. The Balaban J connectivity index is 1.89. The molecule has 1 saturated carbocycles. The Morgan fingerprint density at radius 1 is 1.36 bits per heavy atom. The van der Waals surface area contributed by atoms with Crippen LogP contribution in [-0.4, -0.2) is 45.4 Å². The SMILES string of the molecule is CCNC(=NCC1(c2cc(Cl)ccc2OC)CCOCC1)NC1CC1. The van der Waals surface area contributed by atoms with Gasteiger partial charge in [-0.05, 0) is 50.8 Å². The van der Waals surface area contributed by atoms with Crippen LogP contribution in [0.2, 0.25) is 5.02 Å². The quantitative estimate of drug-likeness (QED) is 0.600. The van der Waals surface area contributed by atoms with Gasteiger partial charge in [0.15, 0.2) is 5.96 Å². The molecule has 0 bridgehead atoms. The van der Waals surface area contributed by atoms with E-state index in [1.807, 2.05) is 18.2 Å². The molecule has 25 heavy (non-hydrogen) atoms. The van der Waals surface area contributed by atoms with E-state index in [9.17, 15) is 0 Å². The molecule has 6 heteroatoms. The van der Waals surface area contributed by atoms with Gasteiger partial charge in [-0.1, -0.05) is 11.6 Å². The fourth-order valence-electron chi connectivity index (χ4n) is 3.34. The predicted octanol–water partition coefficient (Wildman–Crippen LogP) is 3.11. The number of hydrogen-bond donors (Lipinski definition) is 2. The Hall–Kier alpha value is -1.46. The zero-order valence-electron chi connectivity index (χ0n) is 15.1. The maximum atomic E-state index is 6.30. The number of nitrogens with zero attached hydrogens (tertiary/aromatic N) is 1. The van der Waals surface area contributed by atoms with Gasteiger partial charge in [-0.25, -0.2) is 0 Å². The number of aliphatic imine (C=N–C) groups is 1. The maximum absolute atomic E-state index is 6.30. The second-order valence-electron chi connectivity index (χ2n) is 6.85. The van der Waals surface area contributed by atoms with Crippen LogP contribution < -0.4 is 15.4 Å². The van der Waals surface area contributed by atoms with Crippen molar-refractivity contribution in [3.05, 3.63) is 28.8 Å². The normalized spacial score (nSPS) is 20.2. The first-order valence-corrected chi connectivity index (χ1v) is 9.51. The molecule has 2 aliphatic rings. The topological polar surface area (TPSA) is 54.9 Å². The second-order valence-corrected chi connectivity index (χ2v) is 7.29. The lowest BCUT2D eigenvalue weighted by Gasteiger charge is -2.37. The van der Waals surface area contributed by atoms with E-state index in [1.54, 1.807) is 7.11 Å². The van der Waals surface area contributed by atoms with Gasteiger partial charge in [0.2, 0.25) is 0 Å². The van der Waals surface area contributed by atoms with Gasteiger partial charge in [-0.15, -0.1) is 0 Å². The van der Waals surface area contributed by atoms with Gasteiger partial charge < -0.3 is 20.1 Å². The first-order valence-electron chi connectivity index (χ1n) is 9.13. The summed E-state index contributed by atoms with van der Waals surface area (Å²) in [5.74, 6) is 1.78. The molecule has 3 rings (SSSR count). The lowest BCUT2D eigenvalue weighted by Crippen LogP contribution is -2.42. The van der Waals surface area contributed by atoms with Gasteiger partial charge in [-0.2, -0.15) is 0 Å². The van der Waals surface area contributed by atoms with Crippen molar-refractivity contribution in [3.63, 3.8) is 0 Å². The van der Waals surface area contributed by atoms with Crippen LogP contribution in [0.5, 0.6) is 5.75 Å². The Morgan fingerprint density at radius 3 is 2.76 bits per heavy atom. The van der Waals surface area contributed by atoms with Crippen molar-refractivity contribution < 1.29 is 9.47 Å². The third-order valence-electron chi connectivity index (χ3n) is 4.99. The van der Waals surface area contributed by atoms with E-state index < -0.39 is 0 Å². The molecular formula is C19H28ClN3O2. The molecule has 0 radical (unpaired) electrons. The average molecular weight is 366 g/mol. The molecule has 2 fully saturated rings. The fraction of sp³-hybridized carbons (Fsp3) is 0.632. The second kappa shape index (κ2) is 8.28. The Morgan fingerprint density at radius 2 is 2.12 bits per heavy atom. The Kier molecular flexibility index (Phi) is 6.07. The average Bonchev–Trinajstić information content (AvgIpc) is 3.45. The number of nitrogens with one attached hydrogen (secondary N) is 2. The van der Waals surface area contributed by atoms with E-state index in [0.717, 1.165) is 54.9 Å². The minimum Gasteiger partial charge on any atom is -0.496 e. The molecule has 1 aromatic rings. The van der Waals surface area contributed by atoms with E-state index in [-0.39, 0.29) is 5.41 Å². The highest BCUT2D eigenvalue weighted by Gasteiger charge is 2.37. The van der Waals surface area contributed by atoms with Gasteiger partial charge in [0.25, 0.3) is 0 Å². The summed E-state index contributed by atoms with van der Waals surface area (Å²) in [6, 6.07) is 6.43. The molecule has 1 heterocycles. The van der Waals surface area contributed by atoms with Crippen LogP contribution in [0.4, 0.5) is 0 Å². The Labute approximate surface area is 155 Å². The van der Waals surface area contributed by atoms with Crippen LogP contribution in [0.25, 0.3) is 0 Å². The number of halogens is 1. The van der Waals surface area contributed by atoms with E-state index in [0.29, 0.717) is 12.6 Å². The third-order valence-corrected chi connectivity index (χ3v) is 5.22. The number of benzene rings is 1. The summed E-state index contributed by atoms with van der Waals surface area (Å²) in [5.41, 5.74) is 1.03. The fourth-order valence-corrected chi connectivity index (χ4v) is 3.51. The molecular weight excluding hydrogens is 338 g/mol. The molecule has 1 aliphatic carbocycles. The molecule has 1 aliphatic heterocycles. The highest BCUT2D eigenvalue weighted by Crippen LogP contribution is 2.41. The number of hydrogen-bond acceptors (Lipinski definition) is 3. The van der Waals surface area contributed by atoms with Crippen molar-refractivity contribution >= 4 is 17.6 Å². The molecule has 1 aromatic carbocycles. The standard InChI is InChI=1S/C19H28ClN3O2/c1-3-21-18(23-15-5-6-15)22-13-19(8-10-25-11-9-19)16-12-14(20)4-7-17(16)24-2/h4,7,12,15H,3,5-6,8-11,13H2,1-2H3,(H2,21,22,23). The van der Waals surface area contributed by atoms with Crippen molar-refractivity contribution in [1.29, 1.82) is 0 Å². The first-order chi connectivity index (χ1) is 12.2. The smallest absolute Gasteiger partial charge is 0.191 e. The summed E-state index contributed by atoms with van der Waals surface area (Å²) in [5, 5.41) is 7.57. The molecule has 1 saturated heterocycles. The molecule has 0 atom stereocenters. The summed E-state index contributed by atoms with van der Waals surface area (Å²) in [7, 11) is 1.71. The van der Waals surface area contributed by atoms with E-state index >= 15 is 0 Å². The van der Waals surface area contributed by atoms with Gasteiger partial charge in [0.05, 0.1) is 13.7 Å². The molecule has 138 valence electrons. The molecule has 0 aromatic heterocycles. The van der Waals surface area contributed by atoms with Gasteiger partial charge in [0, 0.05) is 41.8 Å². The third kappa shape index (κ3) is 4.59. The largest absolute Gasteiger partial charge is 0.496 e. The number of methoxy groups -OCH3 is 1. The molecule has 0 spiro atoms. The van der Waals surface area contributed by atoms with Gasteiger partial charge >= 0.3 is 0 Å². The van der Waals surface area contributed by atoms with Crippen LogP contribution in [0.1, 0.15) is 38.2 Å². The van der Waals surface area contributed by atoms with E-state index in [2.05, 4.69) is 17.6 Å². The van der Waals surface area contributed by atoms with Crippen LogP contribution >= 0.6 is 11.6 Å². The summed E-state index contributed by atoms with van der Waals surface area (Å²) >= 11 is 6.30. The molecule has 5 nitrogen and oxygen atoms in total. The summed E-state index contributed by atoms with van der Waals surface area (Å²) in [6.45, 7) is 5.11.